The van der Waals surface area contributed by atoms with Gasteiger partial charge in [-0.2, -0.15) is 0 Å². The average Bonchev–Trinajstić information content (AvgIpc) is 2.81. The molecule has 3 rings (SSSR count). The van der Waals surface area contributed by atoms with E-state index in [0.717, 1.165) is 27.5 Å². The summed E-state index contributed by atoms with van der Waals surface area (Å²) in [6.07, 6.45) is 4.19. The zero-order chi connectivity index (χ0) is 13.4. The van der Waals surface area contributed by atoms with Crippen molar-refractivity contribution in [3.8, 4) is 11.1 Å². The van der Waals surface area contributed by atoms with Crippen molar-refractivity contribution < 1.29 is 0 Å². The van der Waals surface area contributed by atoms with Gasteiger partial charge in [-0.3, -0.25) is 0 Å². The number of aromatic nitrogens is 2. The number of fused-ring (bicyclic) bond motifs is 1. The topological polar surface area (TPSA) is 17.3 Å². The molecule has 2 aromatic heterocycles. The number of hydrogen-bond acceptors (Lipinski definition) is 1. The van der Waals surface area contributed by atoms with Crippen LogP contribution in [-0.2, 0) is 0 Å². The van der Waals surface area contributed by atoms with Gasteiger partial charge in [-0.1, -0.05) is 37.6 Å². The first-order valence-corrected chi connectivity index (χ1v) is 6.76. The molecule has 2 heterocycles. The lowest BCUT2D eigenvalue weighted by Crippen LogP contribution is -1.85. The van der Waals surface area contributed by atoms with Crippen LogP contribution in [0.15, 0.2) is 48.8 Å². The fraction of sp³-hybridized carbons (Fsp3) is 0.188. The standard InChI is InChI=1S/C16H15ClN2/c1-11(2)15-10-19-9-13(6-7-16(19)18-15)12-4-3-5-14(17)8-12/h3-11H,1-2H3. The molecule has 0 fully saturated rings. The molecule has 0 aliphatic heterocycles. The van der Waals surface area contributed by atoms with Gasteiger partial charge in [0.25, 0.3) is 0 Å². The predicted octanol–water partition coefficient (Wildman–Crippen LogP) is 4.78. The second-order valence-corrected chi connectivity index (χ2v) is 5.45. The number of benzene rings is 1. The monoisotopic (exact) mass is 270 g/mol. The highest BCUT2D eigenvalue weighted by atomic mass is 35.5. The molecule has 0 radical (unpaired) electrons. The average molecular weight is 271 g/mol. The van der Waals surface area contributed by atoms with Crippen LogP contribution in [0.25, 0.3) is 16.8 Å². The van der Waals surface area contributed by atoms with Crippen LogP contribution >= 0.6 is 11.6 Å². The molecule has 0 N–H and O–H groups in total. The van der Waals surface area contributed by atoms with E-state index in [9.17, 15) is 0 Å². The first-order valence-electron chi connectivity index (χ1n) is 6.38. The van der Waals surface area contributed by atoms with Crippen molar-refractivity contribution in [1.82, 2.24) is 9.38 Å². The molecule has 1 aromatic carbocycles. The van der Waals surface area contributed by atoms with Crippen molar-refractivity contribution in [3.05, 3.63) is 59.5 Å². The van der Waals surface area contributed by atoms with E-state index in [-0.39, 0.29) is 0 Å². The maximum Gasteiger partial charge on any atom is 0.137 e. The highest BCUT2D eigenvalue weighted by Gasteiger charge is 2.06. The molecular formula is C16H15ClN2. The molecule has 0 saturated heterocycles. The molecule has 19 heavy (non-hydrogen) atoms. The summed E-state index contributed by atoms with van der Waals surface area (Å²) in [6.45, 7) is 4.30. The molecule has 3 aromatic rings. The van der Waals surface area contributed by atoms with Gasteiger partial charge in [-0.15, -0.1) is 0 Å². The molecule has 0 unspecified atom stereocenters. The second kappa shape index (κ2) is 4.71. The number of halogens is 1. The van der Waals surface area contributed by atoms with Gasteiger partial charge in [0, 0.05) is 17.4 Å². The largest absolute Gasteiger partial charge is 0.306 e. The maximum absolute atomic E-state index is 6.04. The van der Waals surface area contributed by atoms with Crippen LogP contribution in [0.1, 0.15) is 25.5 Å². The lowest BCUT2D eigenvalue weighted by Gasteiger charge is -2.03. The Hall–Kier alpha value is -1.80. The van der Waals surface area contributed by atoms with Crippen LogP contribution in [0.3, 0.4) is 0 Å². The van der Waals surface area contributed by atoms with E-state index < -0.39 is 0 Å². The number of imidazole rings is 1. The Bertz CT molecular complexity index is 728. The van der Waals surface area contributed by atoms with E-state index in [1.54, 1.807) is 0 Å². The molecule has 0 bridgehead atoms. The summed E-state index contributed by atoms with van der Waals surface area (Å²) in [5.74, 6) is 0.439. The number of pyridine rings is 1. The van der Waals surface area contributed by atoms with Crippen LogP contribution in [0, 0.1) is 0 Å². The molecule has 0 atom stereocenters. The van der Waals surface area contributed by atoms with E-state index in [0.29, 0.717) is 5.92 Å². The predicted molar refractivity (Wildman–Crippen MR) is 79.7 cm³/mol. The van der Waals surface area contributed by atoms with E-state index in [4.69, 9.17) is 11.6 Å². The summed E-state index contributed by atoms with van der Waals surface area (Å²) >= 11 is 6.04. The molecule has 0 amide bonds. The van der Waals surface area contributed by atoms with E-state index >= 15 is 0 Å². The second-order valence-electron chi connectivity index (χ2n) is 5.01. The molecule has 0 spiro atoms. The first kappa shape index (κ1) is 12.2. The quantitative estimate of drug-likeness (QED) is 0.655. The Balaban J connectivity index is 2.11. The Kier molecular flexibility index (Phi) is 3.03. The minimum absolute atomic E-state index is 0.439. The van der Waals surface area contributed by atoms with Crippen molar-refractivity contribution >= 4 is 17.2 Å². The summed E-state index contributed by atoms with van der Waals surface area (Å²) < 4.78 is 2.07. The Labute approximate surface area is 117 Å². The van der Waals surface area contributed by atoms with Crippen molar-refractivity contribution in [1.29, 1.82) is 0 Å². The van der Waals surface area contributed by atoms with Gasteiger partial charge in [0.15, 0.2) is 0 Å². The van der Waals surface area contributed by atoms with Gasteiger partial charge in [-0.05, 0) is 41.3 Å². The third-order valence-electron chi connectivity index (χ3n) is 3.22. The van der Waals surface area contributed by atoms with E-state index in [1.807, 2.05) is 24.3 Å². The normalized spacial score (nSPS) is 11.4. The van der Waals surface area contributed by atoms with Gasteiger partial charge in [-0.25, -0.2) is 4.98 Å². The fourth-order valence-electron chi connectivity index (χ4n) is 2.13. The summed E-state index contributed by atoms with van der Waals surface area (Å²) in [5, 5.41) is 0.756. The third-order valence-corrected chi connectivity index (χ3v) is 3.45. The van der Waals surface area contributed by atoms with Gasteiger partial charge in [0.2, 0.25) is 0 Å². The number of hydrogen-bond donors (Lipinski definition) is 0. The highest BCUT2D eigenvalue weighted by molar-refractivity contribution is 6.30. The van der Waals surface area contributed by atoms with Crippen molar-refractivity contribution in [2.45, 2.75) is 19.8 Å². The van der Waals surface area contributed by atoms with Crippen molar-refractivity contribution in [2.24, 2.45) is 0 Å². The van der Waals surface area contributed by atoms with Gasteiger partial charge in [0.1, 0.15) is 5.65 Å². The number of rotatable bonds is 2. The molecule has 2 nitrogen and oxygen atoms in total. The van der Waals surface area contributed by atoms with Crippen LogP contribution in [0.5, 0.6) is 0 Å². The van der Waals surface area contributed by atoms with E-state index in [2.05, 4.69) is 47.8 Å². The zero-order valence-electron chi connectivity index (χ0n) is 11.0. The summed E-state index contributed by atoms with van der Waals surface area (Å²) in [5.41, 5.74) is 4.36. The summed E-state index contributed by atoms with van der Waals surface area (Å²) in [6, 6.07) is 12.0. The Morgan fingerprint density at radius 3 is 2.63 bits per heavy atom. The molecular weight excluding hydrogens is 256 g/mol. The third kappa shape index (κ3) is 2.36. The SMILES string of the molecule is CC(C)c1cn2cc(-c3cccc(Cl)c3)ccc2n1. The first-order chi connectivity index (χ1) is 9.13. The Morgan fingerprint density at radius 2 is 1.89 bits per heavy atom. The Morgan fingerprint density at radius 1 is 1.05 bits per heavy atom. The maximum atomic E-state index is 6.04. The zero-order valence-corrected chi connectivity index (χ0v) is 11.7. The molecule has 0 aliphatic carbocycles. The minimum Gasteiger partial charge on any atom is -0.306 e. The highest BCUT2D eigenvalue weighted by Crippen LogP contribution is 2.24. The summed E-state index contributed by atoms with van der Waals surface area (Å²) in [7, 11) is 0. The van der Waals surface area contributed by atoms with Gasteiger partial charge >= 0.3 is 0 Å². The smallest absolute Gasteiger partial charge is 0.137 e. The molecule has 96 valence electrons. The van der Waals surface area contributed by atoms with Crippen LogP contribution in [0.4, 0.5) is 0 Å². The molecule has 0 aliphatic rings. The molecule has 0 saturated carbocycles. The minimum atomic E-state index is 0.439. The van der Waals surface area contributed by atoms with E-state index in [1.165, 1.54) is 0 Å². The van der Waals surface area contributed by atoms with Crippen LogP contribution in [-0.4, -0.2) is 9.38 Å². The number of nitrogens with zero attached hydrogens (tertiary/aromatic N) is 2. The summed E-state index contributed by atoms with van der Waals surface area (Å²) in [4.78, 5) is 4.60. The lowest BCUT2D eigenvalue weighted by molar-refractivity contribution is 0.834. The van der Waals surface area contributed by atoms with Gasteiger partial charge < -0.3 is 4.40 Å². The van der Waals surface area contributed by atoms with Crippen LogP contribution < -0.4 is 0 Å². The van der Waals surface area contributed by atoms with Crippen molar-refractivity contribution in [2.75, 3.05) is 0 Å². The lowest BCUT2D eigenvalue weighted by atomic mass is 10.1. The van der Waals surface area contributed by atoms with Crippen molar-refractivity contribution in [3.63, 3.8) is 0 Å². The van der Waals surface area contributed by atoms with Crippen LogP contribution in [0.2, 0.25) is 5.02 Å². The van der Waals surface area contributed by atoms with Gasteiger partial charge in [0.05, 0.1) is 5.69 Å². The fourth-order valence-corrected chi connectivity index (χ4v) is 2.32. The molecule has 3 heteroatoms.